The predicted octanol–water partition coefficient (Wildman–Crippen LogP) is 6.92. The zero-order valence-electron chi connectivity index (χ0n) is 35.4. The van der Waals surface area contributed by atoms with E-state index in [1.807, 2.05) is 0 Å². The molecule has 1 aliphatic heterocycles. The molecule has 4 N–H and O–H groups in total. The summed E-state index contributed by atoms with van der Waals surface area (Å²) in [7, 11) is 0. The molecule has 4 amide bonds. The van der Waals surface area contributed by atoms with Crippen molar-refractivity contribution in [2.75, 3.05) is 32.8 Å². The third kappa shape index (κ3) is 19.8. The van der Waals surface area contributed by atoms with Crippen LogP contribution in [0.1, 0.15) is 83.7 Å². The molecular weight excluding hydrogens is 859 g/mol. The van der Waals surface area contributed by atoms with Gasteiger partial charge in [0.1, 0.15) is 35.7 Å². The molecule has 0 saturated carbocycles. The van der Waals surface area contributed by atoms with Gasteiger partial charge in [-0.15, -0.1) is 0 Å². The Morgan fingerprint density at radius 1 is 0.820 bits per heavy atom. The second-order valence-corrected chi connectivity index (χ2v) is 18.6. The molecule has 338 valence electrons. The number of rotatable bonds is 17. The normalized spacial score (nSPS) is 19.3. The Bertz CT molecular complexity index is 1770. The molecule has 0 unspecified atom stereocenters. The lowest BCUT2D eigenvalue weighted by molar-refractivity contribution is -0.231. The summed E-state index contributed by atoms with van der Waals surface area (Å²) in [5.41, 5.74) is -0.428. The number of ether oxygens (including phenoxy) is 6. The smallest absolute Gasteiger partial charge is 0.410 e. The van der Waals surface area contributed by atoms with Crippen molar-refractivity contribution in [2.24, 2.45) is 0 Å². The maximum atomic E-state index is 13.1. The summed E-state index contributed by atoms with van der Waals surface area (Å²) in [6.07, 6.45) is -2.33. The van der Waals surface area contributed by atoms with Crippen LogP contribution < -0.4 is 20.7 Å². The zero-order chi connectivity index (χ0) is 45.4. The van der Waals surface area contributed by atoms with Crippen LogP contribution in [0.5, 0.6) is 5.75 Å². The number of nitrogens with one attached hydrogen (secondary N) is 3. The molecule has 5 atom stereocenters. The molecule has 19 heteroatoms. The lowest BCUT2D eigenvalue weighted by atomic mass is 9.97. The second kappa shape index (κ2) is 23.7. The number of alkyl halides is 3. The number of amides is 4. The van der Waals surface area contributed by atoms with E-state index in [4.69, 9.17) is 63.2 Å². The largest absolute Gasteiger partial charge is 0.463 e. The van der Waals surface area contributed by atoms with Gasteiger partial charge < -0.3 is 54.4 Å². The number of hydrogen-bond donors (Lipinski definition) is 4. The highest BCUT2D eigenvalue weighted by Gasteiger charge is 2.48. The molecule has 1 heterocycles. The monoisotopic (exact) mass is 914 g/mol. The van der Waals surface area contributed by atoms with Crippen LogP contribution in [-0.2, 0) is 28.5 Å². The number of alkyl carbamates (subject to hydrolysis) is 2. The van der Waals surface area contributed by atoms with Crippen molar-refractivity contribution in [3.8, 4) is 5.75 Å². The lowest BCUT2D eigenvalue weighted by Gasteiger charge is -2.43. The van der Waals surface area contributed by atoms with E-state index in [1.54, 1.807) is 102 Å². The van der Waals surface area contributed by atoms with Gasteiger partial charge in [0.2, 0.25) is 16.0 Å². The molecule has 3 rings (SSSR count). The number of unbranched alkanes of at least 4 members (excludes halogenated alkanes) is 1. The summed E-state index contributed by atoms with van der Waals surface area (Å²) in [5, 5.41) is 19.1. The molecular formula is C42H57Cl3N4O12. The summed E-state index contributed by atoms with van der Waals surface area (Å²) in [4.78, 5) is 64.9. The van der Waals surface area contributed by atoms with Gasteiger partial charge in [-0.25, -0.2) is 19.2 Å². The molecule has 0 aliphatic carbocycles. The maximum Gasteiger partial charge on any atom is 0.410 e. The summed E-state index contributed by atoms with van der Waals surface area (Å²) < 4.78 is 31.6. The van der Waals surface area contributed by atoms with Crippen LogP contribution in [0.4, 0.5) is 14.4 Å². The molecule has 1 fully saturated rings. The van der Waals surface area contributed by atoms with Crippen LogP contribution in [0.3, 0.4) is 0 Å². The summed E-state index contributed by atoms with van der Waals surface area (Å²) in [6, 6.07) is 13.3. The van der Waals surface area contributed by atoms with E-state index >= 15 is 0 Å². The number of hydrogen-bond acceptors (Lipinski definition) is 12. The number of aliphatic hydroxyl groups is 1. The van der Waals surface area contributed by atoms with Gasteiger partial charge in [-0.1, -0.05) is 65.1 Å². The van der Waals surface area contributed by atoms with Gasteiger partial charge in [0.15, 0.2) is 6.10 Å². The topological polar surface area (TPSA) is 200 Å². The number of halogens is 3. The summed E-state index contributed by atoms with van der Waals surface area (Å²) >= 11 is 17.2. The lowest BCUT2D eigenvalue weighted by Crippen LogP contribution is -2.65. The Kier molecular flexibility index (Phi) is 19.7. The third-order valence-corrected chi connectivity index (χ3v) is 8.68. The van der Waals surface area contributed by atoms with Crippen LogP contribution in [0.2, 0.25) is 0 Å². The van der Waals surface area contributed by atoms with Crippen molar-refractivity contribution in [1.82, 2.24) is 20.9 Å². The quantitative estimate of drug-likeness (QED) is 0.0421. The molecule has 0 spiro atoms. The van der Waals surface area contributed by atoms with Crippen molar-refractivity contribution < 1.29 is 57.5 Å². The van der Waals surface area contributed by atoms with E-state index in [0.717, 1.165) is 0 Å². The third-order valence-electron chi connectivity index (χ3n) is 8.36. The zero-order valence-corrected chi connectivity index (χ0v) is 37.7. The molecule has 1 aliphatic rings. The van der Waals surface area contributed by atoms with E-state index in [0.29, 0.717) is 51.0 Å². The molecule has 1 saturated heterocycles. The first-order valence-electron chi connectivity index (χ1n) is 19.8. The van der Waals surface area contributed by atoms with E-state index < -0.39 is 76.5 Å². The number of carbonyl (C=O) groups is 5. The van der Waals surface area contributed by atoms with Gasteiger partial charge in [0.25, 0.3) is 0 Å². The fourth-order valence-electron chi connectivity index (χ4n) is 5.55. The van der Waals surface area contributed by atoms with Gasteiger partial charge >= 0.3 is 24.2 Å². The van der Waals surface area contributed by atoms with E-state index in [9.17, 15) is 29.1 Å². The van der Waals surface area contributed by atoms with E-state index in [1.165, 1.54) is 18.2 Å². The van der Waals surface area contributed by atoms with Crippen molar-refractivity contribution in [3.63, 3.8) is 0 Å². The Morgan fingerprint density at radius 3 is 2.07 bits per heavy atom. The fourth-order valence-corrected chi connectivity index (χ4v) is 5.72. The molecule has 0 bridgehead atoms. The molecule has 0 aromatic heterocycles. The van der Waals surface area contributed by atoms with Crippen LogP contribution >= 0.6 is 34.8 Å². The first-order chi connectivity index (χ1) is 28.5. The van der Waals surface area contributed by atoms with Gasteiger partial charge in [-0.3, -0.25) is 4.79 Å². The minimum atomic E-state index is -1.90. The Morgan fingerprint density at radius 2 is 1.44 bits per heavy atom. The highest BCUT2D eigenvalue weighted by Crippen LogP contribution is 2.29. The second-order valence-electron chi connectivity index (χ2n) is 16.1. The first-order valence-corrected chi connectivity index (χ1v) is 20.9. The molecule has 16 nitrogen and oxygen atoms in total. The highest BCUT2D eigenvalue weighted by molar-refractivity contribution is 6.67. The molecule has 2 aromatic rings. The number of benzene rings is 2. The SMILES string of the molecule is C[C@H]1O[C@H](Oc2ccc(/C=C/C(=O)NCCCN(CCCCNC(=O)OC(C)(C)C)C(=O)OC(C)(C)C)cc2)[C@H](NC(=O)OCC(Cl)(Cl)Cl)[C@@H](OC(=O)c2ccccc2)[C@H]1O. The van der Waals surface area contributed by atoms with Gasteiger partial charge in [0, 0.05) is 32.3 Å². The Labute approximate surface area is 371 Å². The van der Waals surface area contributed by atoms with Crippen LogP contribution in [0.15, 0.2) is 60.7 Å². The van der Waals surface area contributed by atoms with Crippen molar-refractivity contribution in [1.29, 1.82) is 0 Å². The van der Waals surface area contributed by atoms with Gasteiger partial charge in [-0.05, 0) is 104 Å². The number of carbonyl (C=O) groups excluding carboxylic acids is 5. The number of esters is 1. The predicted molar refractivity (Wildman–Crippen MR) is 230 cm³/mol. The average Bonchev–Trinajstić information content (AvgIpc) is 3.16. The fraction of sp³-hybridized carbons (Fsp3) is 0.548. The van der Waals surface area contributed by atoms with E-state index in [2.05, 4.69) is 16.0 Å². The first kappa shape index (κ1) is 50.9. The van der Waals surface area contributed by atoms with Crippen LogP contribution in [-0.4, -0.2) is 119 Å². The van der Waals surface area contributed by atoms with Crippen molar-refractivity contribution in [3.05, 3.63) is 71.8 Å². The standard InChI is InChI=1S/C42H57Cl3N4O12/c1-27-33(51)34(59-35(52)29-14-9-8-10-15-29)32(48-38(54)56-26-42(43,44)45)36(57-27)58-30-19-16-28(17-20-30)18-21-31(50)46-23-13-25-49(39(55)61-41(5,6)7)24-12-11-22-47-37(53)60-40(2,3)4/h8-10,14-21,27,32-34,36,51H,11-13,22-26H2,1-7H3,(H,46,50)(H,47,53)(H,48,54)/b21-18+/t27-,32-,33+,34-,36-/m1/s1. The van der Waals surface area contributed by atoms with Crippen LogP contribution in [0, 0.1) is 0 Å². The molecule has 61 heavy (non-hydrogen) atoms. The average molecular weight is 916 g/mol. The van der Waals surface area contributed by atoms with Crippen molar-refractivity contribution in [2.45, 2.75) is 113 Å². The Hall–Kier alpha value is -4.48. The summed E-state index contributed by atoms with van der Waals surface area (Å²) in [6.45, 7) is 13.1. The maximum absolute atomic E-state index is 13.1. The number of aliphatic hydroxyl groups excluding tert-OH is 1. The Balaban J connectivity index is 1.58. The minimum Gasteiger partial charge on any atom is -0.463 e. The van der Waals surface area contributed by atoms with Gasteiger partial charge in [-0.2, -0.15) is 0 Å². The minimum absolute atomic E-state index is 0.209. The summed E-state index contributed by atoms with van der Waals surface area (Å²) in [5.74, 6) is -0.842. The number of nitrogens with zero attached hydrogens (tertiary/aromatic N) is 1. The van der Waals surface area contributed by atoms with Crippen LogP contribution in [0.25, 0.3) is 6.08 Å². The van der Waals surface area contributed by atoms with Crippen molar-refractivity contribution >= 4 is 71.0 Å². The molecule has 2 aromatic carbocycles. The van der Waals surface area contributed by atoms with E-state index in [-0.39, 0.29) is 17.2 Å². The molecule has 0 radical (unpaired) electrons. The highest BCUT2D eigenvalue weighted by atomic mass is 35.6. The van der Waals surface area contributed by atoms with Gasteiger partial charge in [0.05, 0.1) is 11.7 Å².